The number of halogens is 1. The molecule has 0 atom stereocenters. The highest BCUT2D eigenvalue weighted by atomic mass is 35.5. The SMILES string of the molecule is COc1cc(/C=C2/SC(=Nc3ccc(C)cc3)N(C(C)C)C2=O)ccc1OCc1ccccc1Cl. The summed E-state index contributed by atoms with van der Waals surface area (Å²) < 4.78 is 11.5. The zero-order valence-electron chi connectivity index (χ0n) is 20.1. The third-order valence-electron chi connectivity index (χ3n) is 5.44. The molecule has 1 saturated heterocycles. The van der Waals surface area contributed by atoms with Crippen LogP contribution in [0.4, 0.5) is 5.69 Å². The maximum atomic E-state index is 13.2. The lowest BCUT2D eigenvalue weighted by Gasteiger charge is -2.19. The Morgan fingerprint density at radius 3 is 2.49 bits per heavy atom. The number of aliphatic imine (C=N–C) groups is 1. The van der Waals surface area contributed by atoms with Crippen LogP contribution in [0.1, 0.15) is 30.5 Å². The topological polar surface area (TPSA) is 51.1 Å². The molecule has 3 aromatic rings. The Morgan fingerprint density at radius 2 is 1.80 bits per heavy atom. The summed E-state index contributed by atoms with van der Waals surface area (Å²) in [4.78, 5) is 20.3. The van der Waals surface area contributed by atoms with Gasteiger partial charge in [0.05, 0.1) is 17.7 Å². The first-order chi connectivity index (χ1) is 16.9. The normalized spacial score (nSPS) is 15.9. The van der Waals surface area contributed by atoms with Crippen molar-refractivity contribution >= 4 is 46.2 Å². The van der Waals surface area contributed by atoms with Gasteiger partial charge in [-0.15, -0.1) is 0 Å². The molecule has 1 fully saturated rings. The van der Waals surface area contributed by atoms with Gasteiger partial charge in [0.15, 0.2) is 16.7 Å². The molecule has 1 aliphatic heterocycles. The fraction of sp³-hybridized carbons (Fsp3) is 0.214. The quantitative estimate of drug-likeness (QED) is 0.317. The Bertz CT molecular complexity index is 1290. The van der Waals surface area contributed by atoms with E-state index in [1.165, 1.54) is 17.3 Å². The number of thioether (sulfide) groups is 1. The van der Waals surface area contributed by atoms with E-state index in [2.05, 4.69) is 0 Å². The number of hydrogen-bond acceptors (Lipinski definition) is 5. The van der Waals surface area contributed by atoms with Crippen molar-refractivity contribution in [3.05, 3.63) is 93.3 Å². The third-order valence-corrected chi connectivity index (χ3v) is 6.79. The summed E-state index contributed by atoms with van der Waals surface area (Å²) >= 11 is 7.61. The predicted molar refractivity (Wildman–Crippen MR) is 145 cm³/mol. The highest BCUT2D eigenvalue weighted by Gasteiger charge is 2.35. The average molecular weight is 507 g/mol. The molecule has 0 aliphatic carbocycles. The number of carbonyl (C=O) groups is 1. The Morgan fingerprint density at radius 1 is 1.06 bits per heavy atom. The van der Waals surface area contributed by atoms with Crippen LogP contribution in [0.3, 0.4) is 0 Å². The number of ether oxygens (including phenoxy) is 2. The summed E-state index contributed by atoms with van der Waals surface area (Å²) in [6.45, 7) is 6.33. The van der Waals surface area contributed by atoms with Crippen molar-refractivity contribution < 1.29 is 14.3 Å². The van der Waals surface area contributed by atoms with Gasteiger partial charge in [0.25, 0.3) is 5.91 Å². The van der Waals surface area contributed by atoms with Gasteiger partial charge in [-0.1, -0.05) is 53.6 Å². The molecule has 0 bridgehead atoms. The fourth-order valence-corrected chi connectivity index (χ4v) is 4.88. The van der Waals surface area contributed by atoms with E-state index in [1.54, 1.807) is 12.0 Å². The zero-order valence-corrected chi connectivity index (χ0v) is 21.7. The molecule has 0 spiro atoms. The van der Waals surface area contributed by atoms with Crippen LogP contribution in [0.5, 0.6) is 11.5 Å². The van der Waals surface area contributed by atoms with Crippen LogP contribution >= 0.6 is 23.4 Å². The van der Waals surface area contributed by atoms with Crippen LogP contribution in [0.15, 0.2) is 76.6 Å². The number of carbonyl (C=O) groups excluding carboxylic acids is 1. The summed E-state index contributed by atoms with van der Waals surface area (Å²) in [7, 11) is 1.59. The predicted octanol–water partition coefficient (Wildman–Crippen LogP) is 7.25. The molecule has 180 valence electrons. The highest BCUT2D eigenvalue weighted by molar-refractivity contribution is 8.18. The highest BCUT2D eigenvalue weighted by Crippen LogP contribution is 2.37. The van der Waals surface area contributed by atoms with Gasteiger partial charge in [0.2, 0.25) is 0 Å². The van der Waals surface area contributed by atoms with Crippen LogP contribution < -0.4 is 9.47 Å². The van der Waals surface area contributed by atoms with Crippen LogP contribution in [0.25, 0.3) is 6.08 Å². The van der Waals surface area contributed by atoms with E-state index >= 15 is 0 Å². The first kappa shape index (κ1) is 24.9. The second-order valence-corrected chi connectivity index (χ2v) is 9.82. The second kappa shape index (κ2) is 11.0. The molecule has 35 heavy (non-hydrogen) atoms. The molecule has 1 amide bonds. The van der Waals surface area contributed by atoms with Crippen LogP contribution in [-0.4, -0.2) is 29.1 Å². The van der Waals surface area contributed by atoms with E-state index in [4.69, 9.17) is 26.1 Å². The molecular weight excluding hydrogens is 480 g/mol. The Balaban J connectivity index is 1.57. The molecule has 1 heterocycles. The minimum Gasteiger partial charge on any atom is -0.493 e. The molecule has 0 radical (unpaired) electrons. The van der Waals surface area contributed by atoms with Crippen molar-refractivity contribution in [2.45, 2.75) is 33.4 Å². The molecule has 1 aliphatic rings. The number of amidine groups is 1. The lowest BCUT2D eigenvalue weighted by Crippen LogP contribution is -2.35. The molecule has 0 unspecified atom stereocenters. The van der Waals surface area contributed by atoms with E-state index in [1.807, 2.05) is 93.6 Å². The van der Waals surface area contributed by atoms with E-state index in [0.717, 1.165) is 16.8 Å². The van der Waals surface area contributed by atoms with Gasteiger partial charge in [-0.3, -0.25) is 9.69 Å². The zero-order chi connectivity index (χ0) is 24.9. The van der Waals surface area contributed by atoms with Gasteiger partial charge < -0.3 is 9.47 Å². The molecule has 0 aromatic heterocycles. The largest absolute Gasteiger partial charge is 0.493 e. The second-order valence-electron chi connectivity index (χ2n) is 8.40. The lowest BCUT2D eigenvalue weighted by molar-refractivity contribution is -0.123. The molecular formula is C28H27ClN2O3S. The van der Waals surface area contributed by atoms with E-state index in [9.17, 15) is 4.79 Å². The molecule has 7 heteroatoms. The molecule has 3 aromatic carbocycles. The molecule has 0 saturated carbocycles. The van der Waals surface area contributed by atoms with E-state index in [-0.39, 0.29) is 11.9 Å². The van der Waals surface area contributed by atoms with Crippen molar-refractivity contribution in [2.24, 2.45) is 4.99 Å². The summed E-state index contributed by atoms with van der Waals surface area (Å²) in [5.41, 5.74) is 3.71. The van der Waals surface area contributed by atoms with Gasteiger partial charge in [0, 0.05) is 16.6 Å². The van der Waals surface area contributed by atoms with Crippen LogP contribution in [0.2, 0.25) is 5.02 Å². The maximum Gasteiger partial charge on any atom is 0.266 e. The molecule has 5 nitrogen and oxygen atoms in total. The standard InChI is InChI=1S/C28H27ClN2O3S/c1-18(2)31-27(32)26(35-28(31)30-22-12-9-19(3)10-13-22)16-20-11-14-24(25(15-20)33-4)34-17-21-7-5-6-8-23(21)29/h5-16,18H,17H2,1-4H3/b26-16+,30-28?. The molecule has 0 N–H and O–H groups in total. The first-order valence-corrected chi connectivity index (χ1v) is 12.5. The minimum absolute atomic E-state index is 0.0137. The van der Waals surface area contributed by atoms with Crippen molar-refractivity contribution in [3.63, 3.8) is 0 Å². The number of hydrogen-bond donors (Lipinski definition) is 0. The first-order valence-electron chi connectivity index (χ1n) is 11.3. The summed E-state index contributed by atoms with van der Waals surface area (Å²) in [5.74, 6) is 1.12. The Kier molecular flexibility index (Phi) is 7.83. The Hall–Kier alpha value is -3.22. The number of nitrogens with zero attached hydrogens (tertiary/aromatic N) is 2. The number of benzene rings is 3. The van der Waals surface area contributed by atoms with Crippen molar-refractivity contribution in [3.8, 4) is 11.5 Å². The number of aryl methyl sites for hydroxylation is 1. The Labute approximate surface area is 215 Å². The smallest absolute Gasteiger partial charge is 0.266 e. The summed E-state index contributed by atoms with van der Waals surface area (Å²) in [5, 5.41) is 1.33. The van der Waals surface area contributed by atoms with E-state index < -0.39 is 0 Å². The summed E-state index contributed by atoms with van der Waals surface area (Å²) in [6.07, 6.45) is 1.86. The summed E-state index contributed by atoms with van der Waals surface area (Å²) in [6, 6.07) is 21.1. The maximum absolute atomic E-state index is 13.2. The van der Waals surface area contributed by atoms with Crippen LogP contribution in [0, 0.1) is 6.92 Å². The van der Waals surface area contributed by atoms with Crippen molar-refractivity contribution in [1.29, 1.82) is 0 Å². The number of amides is 1. The van der Waals surface area contributed by atoms with Gasteiger partial charge in [-0.05, 0) is 74.5 Å². The van der Waals surface area contributed by atoms with Gasteiger partial charge in [-0.2, -0.15) is 0 Å². The monoisotopic (exact) mass is 506 g/mol. The van der Waals surface area contributed by atoms with Gasteiger partial charge in [0.1, 0.15) is 6.61 Å². The lowest BCUT2D eigenvalue weighted by atomic mass is 10.1. The minimum atomic E-state index is -0.0612. The van der Waals surface area contributed by atoms with Crippen LogP contribution in [-0.2, 0) is 11.4 Å². The third kappa shape index (κ3) is 5.89. The number of rotatable bonds is 7. The van der Waals surface area contributed by atoms with Crippen molar-refractivity contribution in [2.75, 3.05) is 7.11 Å². The molecule has 4 rings (SSSR count). The fourth-order valence-electron chi connectivity index (χ4n) is 3.57. The van der Waals surface area contributed by atoms with Gasteiger partial charge in [-0.25, -0.2) is 4.99 Å². The van der Waals surface area contributed by atoms with Crippen molar-refractivity contribution in [1.82, 2.24) is 4.90 Å². The van der Waals surface area contributed by atoms with E-state index in [0.29, 0.717) is 33.2 Å². The van der Waals surface area contributed by atoms with Gasteiger partial charge >= 0.3 is 0 Å². The average Bonchev–Trinajstić information content (AvgIpc) is 3.15. The number of methoxy groups -OCH3 is 1.